The van der Waals surface area contributed by atoms with Crippen molar-refractivity contribution in [1.29, 1.82) is 0 Å². The summed E-state index contributed by atoms with van der Waals surface area (Å²) in [5, 5.41) is 0. The van der Waals surface area contributed by atoms with Crippen LogP contribution in [0.4, 0.5) is 0 Å². The van der Waals surface area contributed by atoms with Crippen molar-refractivity contribution in [2.45, 2.75) is 51.9 Å². The summed E-state index contributed by atoms with van der Waals surface area (Å²) in [6.45, 7) is 2.38. The van der Waals surface area contributed by atoms with Crippen molar-refractivity contribution in [2.75, 3.05) is 0 Å². The van der Waals surface area contributed by atoms with Crippen LogP contribution in [-0.4, -0.2) is 0 Å². The Balaban J connectivity index is 1.54. The quantitative estimate of drug-likeness (QED) is 0.634. The van der Waals surface area contributed by atoms with E-state index in [0.29, 0.717) is 0 Å². The second-order valence-electron chi connectivity index (χ2n) is 6.69. The molecule has 5 saturated carbocycles. The molecule has 0 aromatic carbocycles. The summed E-state index contributed by atoms with van der Waals surface area (Å²) < 4.78 is 0. The van der Waals surface area contributed by atoms with Crippen LogP contribution in [0.15, 0.2) is 0 Å². The zero-order chi connectivity index (χ0) is 9.34. The summed E-state index contributed by atoms with van der Waals surface area (Å²) >= 11 is 0. The number of hydrogen-bond donors (Lipinski definition) is 0. The second-order valence-corrected chi connectivity index (χ2v) is 6.69. The molecule has 5 aliphatic rings. The topological polar surface area (TPSA) is 0 Å². The average Bonchev–Trinajstić information content (AvgIpc) is 2.97. The Labute approximate surface area is 87.5 Å². The average molecular weight is 190 g/mol. The minimum absolute atomic E-state index is 0.966. The van der Waals surface area contributed by atoms with E-state index in [4.69, 9.17) is 0 Å². The standard InChI is InChI=1S/C14H22/c1-2-3-11-9-6-10(7-9)13(11)12-8-14(12)4-5-14/h9-13H,2-8H2,1H3/t9?,10?,11-,12?,13?/m0/s1. The highest BCUT2D eigenvalue weighted by Crippen LogP contribution is 2.78. The number of fused-ring (bicyclic) bond motifs is 1. The molecule has 0 aromatic heterocycles. The largest absolute Gasteiger partial charge is 0.0654 e. The van der Waals surface area contributed by atoms with Crippen LogP contribution in [0, 0.1) is 35.0 Å². The third kappa shape index (κ3) is 0.864. The fourth-order valence-electron chi connectivity index (χ4n) is 5.08. The minimum Gasteiger partial charge on any atom is -0.0654 e. The van der Waals surface area contributed by atoms with Crippen molar-refractivity contribution in [1.82, 2.24) is 0 Å². The summed E-state index contributed by atoms with van der Waals surface area (Å²) in [7, 11) is 0. The third-order valence-electron chi connectivity index (χ3n) is 6.09. The molecule has 2 bridgehead atoms. The first-order chi connectivity index (χ1) is 6.84. The van der Waals surface area contributed by atoms with Crippen LogP contribution in [-0.2, 0) is 0 Å². The smallest absolute Gasteiger partial charge is 0.0263 e. The van der Waals surface area contributed by atoms with E-state index in [-0.39, 0.29) is 0 Å². The van der Waals surface area contributed by atoms with Gasteiger partial charge in [0.1, 0.15) is 0 Å². The maximum absolute atomic E-state index is 2.38. The zero-order valence-corrected chi connectivity index (χ0v) is 9.34. The molecule has 0 nitrogen and oxygen atoms in total. The van der Waals surface area contributed by atoms with Gasteiger partial charge in [0, 0.05) is 0 Å². The first kappa shape index (κ1) is 8.19. The van der Waals surface area contributed by atoms with Gasteiger partial charge in [-0.15, -0.1) is 0 Å². The molecule has 5 fully saturated rings. The van der Waals surface area contributed by atoms with Gasteiger partial charge in [0.05, 0.1) is 0 Å². The van der Waals surface area contributed by atoms with E-state index in [9.17, 15) is 0 Å². The molecule has 0 N–H and O–H groups in total. The van der Waals surface area contributed by atoms with Crippen LogP contribution in [0.25, 0.3) is 0 Å². The Morgan fingerprint density at radius 3 is 2.50 bits per heavy atom. The van der Waals surface area contributed by atoms with Gasteiger partial charge in [-0.05, 0) is 67.1 Å². The zero-order valence-electron chi connectivity index (χ0n) is 9.34. The summed E-state index contributed by atoms with van der Waals surface area (Å²) in [4.78, 5) is 0. The molecule has 0 amide bonds. The van der Waals surface area contributed by atoms with Crippen LogP contribution >= 0.6 is 0 Å². The molecule has 0 aromatic rings. The van der Waals surface area contributed by atoms with Crippen LogP contribution in [0.2, 0.25) is 0 Å². The Hall–Kier alpha value is 0. The summed E-state index contributed by atoms with van der Waals surface area (Å²) in [6.07, 6.45) is 11.1. The van der Waals surface area contributed by atoms with Gasteiger partial charge in [-0.3, -0.25) is 0 Å². The first-order valence-corrected chi connectivity index (χ1v) is 6.84. The maximum atomic E-state index is 2.38. The van der Waals surface area contributed by atoms with Gasteiger partial charge in [-0.2, -0.15) is 0 Å². The molecular weight excluding hydrogens is 168 g/mol. The van der Waals surface area contributed by atoms with Gasteiger partial charge in [0.15, 0.2) is 0 Å². The fraction of sp³-hybridized carbons (Fsp3) is 1.00. The molecule has 5 aliphatic carbocycles. The lowest BCUT2D eigenvalue weighted by molar-refractivity contribution is 0.256. The van der Waals surface area contributed by atoms with Gasteiger partial charge in [-0.1, -0.05) is 19.8 Å². The highest BCUT2D eigenvalue weighted by Gasteiger charge is 2.69. The van der Waals surface area contributed by atoms with Crippen LogP contribution < -0.4 is 0 Å². The molecule has 1 spiro atoms. The summed E-state index contributed by atoms with van der Waals surface area (Å²) in [5.41, 5.74) is 0.966. The monoisotopic (exact) mass is 190 g/mol. The van der Waals surface area contributed by atoms with E-state index in [2.05, 4.69) is 6.92 Å². The molecule has 0 aliphatic heterocycles. The Morgan fingerprint density at radius 1 is 1.14 bits per heavy atom. The molecule has 2 unspecified atom stereocenters. The predicted octanol–water partition coefficient (Wildman–Crippen LogP) is 3.86. The fourth-order valence-corrected chi connectivity index (χ4v) is 5.08. The van der Waals surface area contributed by atoms with Crippen molar-refractivity contribution >= 4 is 0 Å². The van der Waals surface area contributed by atoms with Crippen molar-refractivity contribution in [3.05, 3.63) is 0 Å². The molecule has 14 heavy (non-hydrogen) atoms. The second kappa shape index (κ2) is 2.39. The van der Waals surface area contributed by atoms with Crippen molar-refractivity contribution in [3.63, 3.8) is 0 Å². The molecule has 0 heteroatoms. The Morgan fingerprint density at radius 2 is 1.93 bits per heavy atom. The highest BCUT2D eigenvalue weighted by molar-refractivity contribution is 5.19. The molecular formula is C14H22. The van der Waals surface area contributed by atoms with E-state index in [1.165, 1.54) is 36.0 Å². The maximum Gasteiger partial charge on any atom is -0.0263 e. The molecule has 78 valence electrons. The lowest BCUT2D eigenvalue weighted by atomic mass is 9.81. The van der Waals surface area contributed by atoms with Crippen molar-refractivity contribution < 1.29 is 0 Å². The third-order valence-corrected chi connectivity index (χ3v) is 6.09. The SMILES string of the molecule is CCC[C@H]1C2CC(C2)C1C1CC12CC2. The molecule has 0 saturated heterocycles. The van der Waals surface area contributed by atoms with Gasteiger partial charge >= 0.3 is 0 Å². The van der Waals surface area contributed by atoms with Gasteiger partial charge in [-0.25, -0.2) is 0 Å². The van der Waals surface area contributed by atoms with E-state index >= 15 is 0 Å². The normalized spacial score (nSPS) is 55.9. The molecule has 0 heterocycles. The first-order valence-electron chi connectivity index (χ1n) is 6.84. The van der Waals surface area contributed by atoms with E-state index < -0.39 is 0 Å². The summed E-state index contributed by atoms with van der Waals surface area (Å²) in [5.74, 6) is 5.98. The highest BCUT2D eigenvalue weighted by atomic mass is 14.7. The van der Waals surface area contributed by atoms with Gasteiger partial charge < -0.3 is 0 Å². The van der Waals surface area contributed by atoms with Gasteiger partial charge in [0.2, 0.25) is 0 Å². The lowest BCUT2D eigenvalue weighted by Crippen LogP contribution is -2.15. The number of hydrogen-bond acceptors (Lipinski definition) is 0. The minimum atomic E-state index is 0.966. The van der Waals surface area contributed by atoms with Crippen LogP contribution in [0.3, 0.4) is 0 Å². The molecule has 0 radical (unpaired) electrons. The van der Waals surface area contributed by atoms with Crippen LogP contribution in [0.1, 0.15) is 51.9 Å². The van der Waals surface area contributed by atoms with E-state index in [1.54, 1.807) is 38.5 Å². The lowest BCUT2D eigenvalue weighted by Gasteiger charge is -2.24. The van der Waals surface area contributed by atoms with E-state index in [0.717, 1.165) is 5.41 Å². The van der Waals surface area contributed by atoms with Gasteiger partial charge in [0.25, 0.3) is 0 Å². The molecule has 5 rings (SSSR count). The Kier molecular flexibility index (Phi) is 1.40. The Bertz CT molecular complexity index is 257. The summed E-state index contributed by atoms with van der Waals surface area (Å²) in [6, 6.07) is 0. The van der Waals surface area contributed by atoms with Crippen molar-refractivity contribution in [2.24, 2.45) is 35.0 Å². The predicted molar refractivity (Wildman–Crippen MR) is 57.9 cm³/mol. The number of rotatable bonds is 3. The van der Waals surface area contributed by atoms with Crippen molar-refractivity contribution in [3.8, 4) is 0 Å². The molecule has 3 atom stereocenters. The van der Waals surface area contributed by atoms with E-state index in [1.807, 2.05) is 0 Å². The van der Waals surface area contributed by atoms with Crippen LogP contribution in [0.5, 0.6) is 0 Å².